The molecule has 0 bridgehead atoms. The van der Waals surface area contributed by atoms with Crippen LogP contribution in [0.1, 0.15) is 72.8 Å². The Labute approximate surface area is 186 Å². The molecule has 1 aromatic rings. The lowest BCUT2D eigenvalue weighted by Gasteiger charge is -2.31. The molecule has 1 amide bonds. The second-order valence-electron chi connectivity index (χ2n) is 10.0. The Hall–Kier alpha value is -2.43. The van der Waals surface area contributed by atoms with Gasteiger partial charge in [0.15, 0.2) is 0 Å². The van der Waals surface area contributed by atoms with Gasteiger partial charge < -0.3 is 9.64 Å². The van der Waals surface area contributed by atoms with Crippen LogP contribution < -0.4 is 4.90 Å². The lowest BCUT2D eigenvalue weighted by molar-refractivity contribution is -0.157. The first-order valence-electron chi connectivity index (χ1n) is 11.5. The quantitative estimate of drug-likeness (QED) is 0.545. The molecule has 2 aliphatic heterocycles. The van der Waals surface area contributed by atoms with Gasteiger partial charge in [0.05, 0.1) is 18.4 Å². The SMILES string of the molecule is CCCC1=CN=C(C2Cc3ccccc3N2C(=O)C(CC(=O)OC(C)(C)C)C(C)C)C1. The molecular weight excluding hydrogens is 388 g/mol. The predicted octanol–water partition coefficient (Wildman–Crippen LogP) is 5.48. The normalized spacial score (nSPS) is 19.2. The van der Waals surface area contributed by atoms with Crippen molar-refractivity contribution in [3.63, 3.8) is 0 Å². The standard InChI is InChI=1S/C26H36N2O3/c1-7-10-18-13-21(27-16-18)23-14-19-11-8-9-12-22(19)28(23)25(30)20(17(2)3)15-24(29)31-26(4,5)6/h8-9,11-12,16-17,20,23H,7,10,13-15H2,1-6H3. The molecule has 2 unspecified atom stereocenters. The number of aliphatic imine (C=N–C) groups is 1. The van der Waals surface area contributed by atoms with Crippen LogP contribution in [0.15, 0.2) is 41.0 Å². The van der Waals surface area contributed by atoms with Gasteiger partial charge in [-0.25, -0.2) is 0 Å². The average molecular weight is 425 g/mol. The van der Waals surface area contributed by atoms with E-state index >= 15 is 0 Å². The summed E-state index contributed by atoms with van der Waals surface area (Å²) in [6.45, 7) is 11.7. The number of nitrogens with zero attached hydrogens (tertiary/aromatic N) is 2. The summed E-state index contributed by atoms with van der Waals surface area (Å²) < 4.78 is 5.53. The molecule has 2 atom stereocenters. The molecule has 0 N–H and O–H groups in total. The molecule has 168 valence electrons. The van der Waals surface area contributed by atoms with Crippen molar-refractivity contribution in [2.24, 2.45) is 16.8 Å². The highest BCUT2D eigenvalue weighted by Crippen LogP contribution is 2.37. The van der Waals surface area contributed by atoms with Gasteiger partial charge in [0.2, 0.25) is 5.91 Å². The van der Waals surface area contributed by atoms with Gasteiger partial charge in [0.25, 0.3) is 0 Å². The minimum Gasteiger partial charge on any atom is -0.460 e. The lowest BCUT2D eigenvalue weighted by Crippen LogP contribution is -2.47. The summed E-state index contributed by atoms with van der Waals surface area (Å²) in [4.78, 5) is 33.1. The lowest BCUT2D eigenvalue weighted by atomic mass is 9.90. The minimum absolute atomic E-state index is 0.0116. The molecule has 5 heteroatoms. The molecule has 3 rings (SSSR count). The van der Waals surface area contributed by atoms with Gasteiger partial charge >= 0.3 is 5.97 Å². The fourth-order valence-electron chi connectivity index (χ4n) is 4.45. The highest BCUT2D eigenvalue weighted by atomic mass is 16.6. The van der Waals surface area contributed by atoms with Crippen LogP contribution in [0.2, 0.25) is 0 Å². The van der Waals surface area contributed by atoms with Crippen molar-refractivity contribution >= 4 is 23.3 Å². The number of para-hydroxylation sites is 1. The fraction of sp³-hybridized carbons (Fsp3) is 0.577. The third-order valence-corrected chi connectivity index (χ3v) is 5.92. The maximum Gasteiger partial charge on any atom is 0.307 e. The third kappa shape index (κ3) is 5.44. The van der Waals surface area contributed by atoms with E-state index in [4.69, 9.17) is 9.73 Å². The maximum atomic E-state index is 13.9. The van der Waals surface area contributed by atoms with Crippen LogP contribution >= 0.6 is 0 Å². The first-order valence-corrected chi connectivity index (χ1v) is 11.5. The number of allylic oxidation sites excluding steroid dienone is 1. The number of amides is 1. The summed E-state index contributed by atoms with van der Waals surface area (Å²) in [6, 6.07) is 7.99. The topological polar surface area (TPSA) is 59.0 Å². The predicted molar refractivity (Wildman–Crippen MR) is 125 cm³/mol. The van der Waals surface area contributed by atoms with Crippen LogP contribution in [-0.2, 0) is 20.7 Å². The Kier molecular flexibility index (Phi) is 7.03. The first-order chi connectivity index (χ1) is 14.6. The molecule has 0 radical (unpaired) electrons. The highest BCUT2D eigenvalue weighted by molar-refractivity contribution is 6.08. The first kappa shape index (κ1) is 23.2. The second-order valence-corrected chi connectivity index (χ2v) is 10.0. The second kappa shape index (κ2) is 9.37. The number of ether oxygens (including phenoxy) is 1. The average Bonchev–Trinajstić information content (AvgIpc) is 3.28. The van der Waals surface area contributed by atoms with E-state index < -0.39 is 11.5 Å². The number of carbonyl (C=O) groups excluding carboxylic acids is 2. The Morgan fingerprint density at radius 2 is 1.94 bits per heavy atom. The van der Waals surface area contributed by atoms with Crippen molar-refractivity contribution in [1.82, 2.24) is 0 Å². The van der Waals surface area contributed by atoms with Crippen LogP contribution in [0.25, 0.3) is 0 Å². The molecule has 1 aromatic carbocycles. The molecule has 31 heavy (non-hydrogen) atoms. The van der Waals surface area contributed by atoms with Crippen molar-refractivity contribution in [3.8, 4) is 0 Å². The van der Waals surface area contributed by atoms with E-state index in [1.165, 1.54) is 5.57 Å². The molecule has 0 aliphatic carbocycles. The van der Waals surface area contributed by atoms with Crippen LogP contribution in [0.4, 0.5) is 5.69 Å². The summed E-state index contributed by atoms with van der Waals surface area (Å²) in [5.74, 6) is -0.752. The van der Waals surface area contributed by atoms with Gasteiger partial charge in [-0.3, -0.25) is 14.6 Å². The van der Waals surface area contributed by atoms with E-state index in [9.17, 15) is 9.59 Å². The Balaban J connectivity index is 1.86. The van der Waals surface area contributed by atoms with Crippen molar-refractivity contribution in [3.05, 3.63) is 41.6 Å². The maximum absolute atomic E-state index is 13.9. The number of rotatable bonds is 7. The zero-order valence-electron chi connectivity index (χ0n) is 19.8. The summed E-state index contributed by atoms with van der Waals surface area (Å²) in [5, 5.41) is 0. The van der Waals surface area contributed by atoms with Gasteiger partial charge in [-0.15, -0.1) is 0 Å². The number of carbonyl (C=O) groups is 2. The van der Waals surface area contributed by atoms with E-state index in [-0.39, 0.29) is 30.3 Å². The van der Waals surface area contributed by atoms with Gasteiger partial charge in [0, 0.05) is 30.4 Å². The van der Waals surface area contributed by atoms with E-state index in [1.807, 2.05) is 63.9 Å². The zero-order chi connectivity index (χ0) is 22.8. The van der Waals surface area contributed by atoms with E-state index in [0.717, 1.165) is 42.6 Å². The largest absolute Gasteiger partial charge is 0.460 e. The number of fused-ring (bicyclic) bond motifs is 1. The van der Waals surface area contributed by atoms with Gasteiger partial charge in [-0.1, -0.05) is 45.4 Å². The number of benzene rings is 1. The number of hydrogen-bond donors (Lipinski definition) is 0. The highest BCUT2D eigenvalue weighted by Gasteiger charge is 2.41. The Morgan fingerprint density at radius 3 is 2.58 bits per heavy atom. The van der Waals surface area contributed by atoms with E-state index in [2.05, 4.69) is 13.0 Å². The van der Waals surface area contributed by atoms with Gasteiger partial charge in [-0.2, -0.15) is 0 Å². The number of esters is 1. The molecule has 0 fully saturated rings. The van der Waals surface area contributed by atoms with Crippen molar-refractivity contribution in [2.75, 3.05) is 4.90 Å². The van der Waals surface area contributed by atoms with E-state index in [0.29, 0.717) is 0 Å². The van der Waals surface area contributed by atoms with E-state index in [1.54, 1.807) is 0 Å². The van der Waals surface area contributed by atoms with Crippen LogP contribution in [0.5, 0.6) is 0 Å². The van der Waals surface area contributed by atoms with Crippen LogP contribution in [0, 0.1) is 11.8 Å². The number of hydrogen-bond acceptors (Lipinski definition) is 4. The molecule has 0 saturated carbocycles. The van der Waals surface area contributed by atoms with Crippen LogP contribution in [-0.4, -0.2) is 29.2 Å². The van der Waals surface area contributed by atoms with Crippen molar-refractivity contribution in [1.29, 1.82) is 0 Å². The molecule has 0 saturated heterocycles. The molecule has 2 aliphatic rings. The van der Waals surface area contributed by atoms with Crippen molar-refractivity contribution < 1.29 is 14.3 Å². The molecule has 0 spiro atoms. The monoisotopic (exact) mass is 424 g/mol. The molecular formula is C26H36N2O3. The summed E-state index contributed by atoms with van der Waals surface area (Å²) in [7, 11) is 0. The van der Waals surface area contributed by atoms with Gasteiger partial charge in [-0.05, 0) is 50.3 Å². The van der Waals surface area contributed by atoms with Crippen LogP contribution in [0.3, 0.4) is 0 Å². The molecule has 2 heterocycles. The molecule has 0 aromatic heterocycles. The Bertz CT molecular complexity index is 892. The Morgan fingerprint density at radius 1 is 1.23 bits per heavy atom. The minimum atomic E-state index is -0.565. The summed E-state index contributed by atoms with van der Waals surface area (Å²) in [6.07, 6.45) is 5.79. The fourth-order valence-corrected chi connectivity index (χ4v) is 4.45. The summed E-state index contributed by atoms with van der Waals surface area (Å²) >= 11 is 0. The zero-order valence-corrected chi connectivity index (χ0v) is 19.8. The number of anilines is 1. The third-order valence-electron chi connectivity index (χ3n) is 5.92. The van der Waals surface area contributed by atoms with Gasteiger partial charge in [0.1, 0.15) is 5.60 Å². The smallest absolute Gasteiger partial charge is 0.307 e. The summed E-state index contributed by atoms with van der Waals surface area (Å²) in [5.41, 5.74) is 3.92. The van der Waals surface area contributed by atoms with Crippen molar-refractivity contribution in [2.45, 2.75) is 85.3 Å². The molecule has 5 nitrogen and oxygen atoms in total.